The summed E-state index contributed by atoms with van der Waals surface area (Å²) in [5.41, 5.74) is -0.714. The molecule has 6 heteroatoms. The van der Waals surface area contributed by atoms with E-state index in [1.54, 1.807) is 0 Å². The maximum Gasteiger partial charge on any atom is 0.220 e. The number of carbonyl (C=O) groups excluding carboxylic acids is 1. The van der Waals surface area contributed by atoms with Gasteiger partial charge in [0.2, 0.25) is 17.7 Å². The summed E-state index contributed by atoms with van der Waals surface area (Å²) in [7, 11) is 0. The highest BCUT2D eigenvalue weighted by Gasteiger charge is 2.29. The van der Waals surface area contributed by atoms with Crippen LogP contribution in [0.3, 0.4) is 0 Å². The topological polar surface area (TPSA) is 88.2 Å². The molecule has 1 aromatic rings. The van der Waals surface area contributed by atoms with Crippen molar-refractivity contribution in [3.63, 3.8) is 0 Å². The summed E-state index contributed by atoms with van der Waals surface area (Å²) in [6.45, 7) is 0.350. The molecule has 6 nitrogen and oxygen atoms in total. The Balaban J connectivity index is 1.40. The Labute approximate surface area is 137 Å². The summed E-state index contributed by atoms with van der Waals surface area (Å²) < 4.78 is 5.68. The van der Waals surface area contributed by atoms with Gasteiger partial charge in [0.05, 0.1) is 5.60 Å². The molecule has 0 bridgehead atoms. The molecule has 2 fully saturated rings. The lowest BCUT2D eigenvalue weighted by Gasteiger charge is -2.32. The quantitative estimate of drug-likeness (QED) is 0.840. The van der Waals surface area contributed by atoms with E-state index in [1.165, 1.54) is 19.3 Å². The van der Waals surface area contributed by atoms with Crippen LogP contribution in [0.2, 0.25) is 0 Å². The highest BCUT2D eigenvalue weighted by Crippen LogP contribution is 2.33. The first-order chi connectivity index (χ1) is 11.1. The second-order valence-electron chi connectivity index (χ2n) is 7.08. The number of rotatable bonds is 6. The van der Waals surface area contributed by atoms with Crippen LogP contribution in [0.4, 0.5) is 0 Å². The smallest absolute Gasteiger partial charge is 0.220 e. The van der Waals surface area contributed by atoms with Crippen molar-refractivity contribution in [1.29, 1.82) is 0 Å². The van der Waals surface area contributed by atoms with Crippen LogP contribution in [0.1, 0.15) is 81.9 Å². The lowest BCUT2D eigenvalue weighted by atomic mass is 9.85. The molecule has 23 heavy (non-hydrogen) atoms. The number of aliphatic hydroxyl groups is 1. The number of nitrogens with one attached hydrogen (secondary N) is 1. The average molecular weight is 321 g/mol. The van der Waals surface area contributed by atoms with Gasteiger partial charge in [-0.2, -0.15) is 0 Å². The van der Waals surface area contributed by atoms with Crippen LogP contribution >= 0.6 is 0 Å². The summed E-state index contributed by atoms with van der Waals surface area (Å²) >= 11 is 0. The zero-order chi connectivity index (χ0) is 16.1. The highest BCUT2D eigenvalue weighted by molar-refractivity contribution is 5.76. The Morgan fingerprint density at radius 3 is 2.65 bits per heavy atom. The molecule has 2 N–H and O–H groups in total. The lowest BCUT2D eigenvalue weighted by molar-refractivity contribution is -0.122. The van der Waals surface area contributed by atoms with E-state index in [4.69, 9.17) is 4.42 Å². The number of aryl methyl sites for hydroxylation is 1. The largest absolute Gasteiger partial charge is 0.425 e. The van der Waals surface area contributed by atoms with Crippen LogP contribution in [0.5, 0.6) is 0 Å². The van der Waals surface area contributed by atoms with Crippen molar-refractivity contribution in [2.45, 2.75) is 82.1 Å². The molecule has 0 spiro atoms. The normalized spacial score (nSPS) is 21.4. The summed E-state index contributed by atoms with van der Waals surface area (Å²) in [6, 6.07) is 0. The molecule has 3 rings (SSSR count). The van der Waals surface area contributed by atoms with E-state index in [1.807, 2.05) is 0 Å². The zero-order valence-corrected chi connectivity index (χ0v) is 13.7. The summed E-state index contributed by atoms with van der Waals surface area (Å²) in [6.07, 6.45) is 10.3. The second kappa shape index (κ2) is 7.43. The van der Waals surface area contributed by atoms with Crippen LogP contribution in [-0.2, 0) is 11.2 Å². The van der Waals surface area contributed by atoms with Gasteiger partial charge in [-0.05, 0) is 25.7 Å². The first-order valence-electron chi connectivity index (χ1n) is 8.96. The molecule has 1 aromatic heterocycles. The van der Waals surface area contributed by atoms with E-state index in [0.717, 1.165) is 44.4 Å². The third-order valence-corrected chi connectivity index (χ3v) is 5.15. The monoisotopic (exact) mass is 321 g/mol. The number of nitrogens with zero attached hydrogens (tertiary/aromatic N) is 2. The molecular weight excluding hydrogens is 294 g/mol. The Hall–Kier alpha value is -1.43. The molecule has 0 saturated heterocycles. The third-order valence-electron chi connectivity index (χ3n) is 5.15. The van der Waals surface area contributed by atoms with E-state index >= 15 is 0 Å². The predicted octanol–water partition coefficient (Wildman–Crippen LogP) is 2.47. The lowest BCUT2D eigenvalue weighted by Crippen LogP contribution is -2.44. The van der Waals surface area contributed by atoms with Gasteiger partial charge >= 0.3 is 0 Å². The molecule has 0 aromatic carbocycles. The molecule has 1 heterocycles. The van der Waals surface area contributed by atoms with Gasteiger partial charge in [0.1, 0.15) is 0 Å². The van der Waals surface area contributed by atoms with E-state index in [-0.39, 0.29) is 5.91 Å². The maximum absolute atomic E-state index is 12.0. The maximum atomic E-state index is 12.0. The van der Waals surface area contributed by atoms with Crippen molar-refractivity contribution in [2.24, 2.45) is 0 Å². The number of hydrogen-bond donors (Lipinski definition) is 2. The Morgan fingerprint density at radius 1 is 1.17 bits per heavy atom. The molecule has 1 amide bonds. The fourth-order valence-corrected chi connectivity index (χ4v) is 3.66. The summed E-state index contributed by atoms with van der Waals surface area (Å²) in [4.78, 5) is 12.0. The first kappa shape index (κ1) is 16.4. The fraction of sp³-hybridized carbons (Fsp3) is 0.824. The average Bonchev–Trinajstić information content (AvgIpc) is 3.23. The summed E-state index contributed by atoms with van der Waals surface area (Å²) in [5.74, 6) is 1.61. The highest BCUT2D eigenvalue weighted by atomic mass is 16.4. The molecule has 0 atom stereocenters. The van der Waals surface area contributed by atoms with Crippen molar-refractivity contribution in [1.82, 2.24) is 15.5 Å². The SMILES string of the molecule is O=C(CCc1nnc(C2CCCC2)o1)NCC1(O)CCCCC1. The van der Waals surface area contributed by atoms with Gasteiger partial charge < -0.3 is 14.8 Å². The Kier molecular flexibility index (Phi) is 5.30. The summed E-state index contributed by atoms with van der Waals surface area (Å²) in [5, 5.41) is 21.4. The molecular formula is C17H27N3O3. The van der Waals surface area contributed by atoms with Crippen molar-refractivity contribution in [2.75, 3.05) is 6.54 Å². The van der Waals surface area contributed by atoms with Crippen LogP contribution in [0, 0.1) is 0 Å². The fourth-order valence-electron chi connectivity index (χ4n) is 3.66. The van der Waals surface area contributed by atoms with E-state index in [0.29, 0.717) is 31.2 Å². The molecule has 0 unspecified atom stereocenters. The molecule has 2 saturated carbocycles. The number of hydrogen-bond acceptors (Lipinski definition) is 5. The van der Waals surface area contributed by atoms with Crippen LogP contribution < -0.4 is 5.32 Å². The first-order valence-corrected chi connectivity index (χ1v) is 8.96. The number of amides is 1. The van der Waals surface area contributed by atoms with Crippen LogP contribution in [-0.4, -0.2) is 33.4 Å². The van der Waals surface area contributed by atoms with Crippen LogP contribution in [0.25, 0.3) is 0 Å². The Bertz CT molecular complexity index is 517. The van der Waals surface area contributed by atoms with E-state index in [2.05, 4.69) is 15.5 Å². The van der Waals surface area contributed by atoms with Crippen molar-refractivity contribution in [3.8, 4) is 0 Å². The van der Waals surface area contributed by atoms with Gasteiger partial charge in [-0.1, -0.05) is 32.1 Å². The molecule has 2 aliphatic carbocycles. The van der Waals surface area contributed by atoms with E-state index in [9.17, 15) is 9.90 Å². The standard InChI is InChI=1S/C17H27N3O3/c21-14(18-12-17(22)10-4-1-5-11-17)8-9-15-19-20-16(23-15)13-6-2-3-7-13/h13,22H,1-12H2,(H,18,21). The van der Waals surface area contributed by atoms with Crippen LogP contribution in [0.15, 0.2) is 4.42 Å². The predicted molar refractivity (Wildman–Crippen MR) is 84.9 cm³/mol. The minimum Gasteiger partial charge on any atom is -0.425 e. The van der Waals surface area contributed by atoms with Gasteiger partial charge in [-0.25, -0.2) is 0 Å². The molecule has 0 aliphatic heterocycles. The van der Waals surface area contributed by atoms with Gasteiger partial charge in [0, 0.05) is 25.3 Å². The Morgan fingerprint density at radius 2 is 1.91 bits per heavy atom. The number of aromatic nitrogens is 2. The third kappa shape index (κ3) is 4.53. The van der Waals surface area contributed by atoms with Gasteiger partial charge in [-0.3, -0.25) is 4.79 Å². The van der Waals surface area contributed by atoms with Gasteiger partial charge in [-0.15, -0.1) is 10.2 Å². The number of carbonyl (C=O) groups is 1. The molecule has 2 aliphatic rings. The van der Waals surface area contributed by atoms with Crippen molar-refractivity contribution >= 4 is 5.91 Å². The van der Waals surface area contributed by atoms with Gasteiger partial charge in [0.15, 0.2) is 0 Å². The van der Waals surface area contributed by atoms with Crippen molar-refractivity contribution < 1.29 is 14.3 Å². The molecule has 128 valence electrons. The second-order valence-corrected chi connectivity index (χ2v) is 7.08. The zero-order valence-electron chi connectivity index (χ0n) is 13.7. The molecule has 0 radical (unpaired) electrons. The minimum absolute atomic E-state index is 0.0652. The minimum atomic E-state index is -0.714. The van der Waals surface area contributed by atoms with E-state index < -0.39 is 5.60 Å². The van der Waals surface area contributed by atoms with Crippen molar-refractivity contribution in [3.05, 3.63) is 11.8 Å². The van der Waals surface area contributed by atoms with Gasteiger partial charge in [0.25, 0.3) is 0 Å².